The van der Waals surface area contributed by atoms with Crippen molar-refractivity contribution in [2.24, 2.45) is 11.6 Å². The van der Waals surface area contributed by atoms with Crippen LogP contribution in [0.25, 0.3) is 0 Å². The van der Waals surface area contributed by atoms with Crippen molar-refractivity contribution in [2.75, 3.05) is 68.0 Å². The number of nitrogens with two attached hydrogens (primary N) is 2. The summed E-state index contributed by atoms with van der Waals surface area (Å²) in [6.45, 7) is 12.5. The van der Waals surface area contributed by atoms with Gasteiger partial charge in [-0.3, -0.25) is 25.7 Å². The number of aliphatic hydroxyl groups is 1. The maximum atomic E-state index is 10.5. The highest BCUT2D eigenvalue weighted by Gasteiger charge is 2.12. The van der Waals surface area contributed by atoms with E-state index in [0.29, 0.717) is 32.2 Å². The molecule has 0 saturated carbocycles. The summed E-state index contributed by atoms with van der Waals surface area (Å²) in [6, 6.07) is 0. The molecule has 19 nitrogen and oxygen atoms in total. The number of nitrogens with zero attached hydrogens (tertiary/aromatic N) is 2. The van der Waals surface area contributed by atoms with Crippen molar-refractivity contribution in [3.63, 3.8) is 0 Å². The van der Waals surface area contributed by atoms with Gasteiger partial charge in [0.1, 0.15) is 31.8 Å². The maximum Gasteiger partial charge on any atom is 0.293 e. The number of hydrazine groups is 1. The van der Waals surface area contributed by atoms with Gasteiger partial charge >= 0.3 is 0 Å². The van der Waals surface area contributed by atoms with Crippen LogP contribution >= 0.6 is 0 Å². The predicted molar refractivity (Wildman–Crippen MR) is 245 cm³/mol. The Morgan fingerprint density at radius 1 is 0.721 bits per heavy atom. The molecular formula is C42H92N8O11. The lowest BCUT2D eigenvalue weighted by Crippen LogP contribution is -2.20. The Kier molecular flexibility index (Phi) is 98.8. The number of primary amides is 1. The van der Waals surface area contributed by atoms with E-state index in [0.717, 1.165) is 116 Å². The number of hydroxylamine groups is 4. The lowest BCUT2D eigenvalue weighted by Gasteiger charge is -2.16. The largest absolute Gasteiger partial charge is 0.460 e. The fourth-order valence-electron chi connectivity index (χ4n) is 4.24. The number of unbranched alkanes of at least 4 members (excludes halogenated alkanes) is 10. The molecule has 2 amide bonds. The van der Waals surface area contributed by atoms with Crippen molar-refractivity contribution in [2.45, 2.75) is 149 Å². The number of hydrogen-bond acceptors (Lipinski definition) is 17. The zero-order valence-corrected chi connectivity index (χ0v) is 39.3. The molecule has 366 valence electrons. The van der Waals surface area contributed by atoms with Crippen molar-refractivity contribution in [3.05, 3.63) is 12.2 Å². The molecule has 0 aliphatic heterocycles. The number of carbonyl (C=O) groups is 7. The first-order valence-electron chi connectivity index (χ1n) is 21.3. The molecule has 0 aromatic carbocycles. The summed E-state index contributed by atoms with van der Waals surface area (Å²) in [7, 11) is 8.92. The van der Waals surface area contributed by atoms with Crippen LogP contribution in [0.15, 0.2) is 12.2 Å². The van der Waals surface area contributed by atoms with Gasteiger partial charge in [0.15, 0.2) is 0 Å². The van der Waals surface area contributed by atoms with E-state index < -0.39 is 0 Å². The summed E-state index contributed by atoms with van der Waals surface area (Å²) in [6.07, 6.45) is 23.1. The van der Waals surface area contributed by atoms with E-state index in [2.05, 4.69) is 33.0 Å². The summed E-state index contributed by atoms with van der Waals surface area (Å²) < 4.78 is 4.79. The molecule has 1 aliphatic rings. The van der Waals surface area contributed by atoms with Gasteiger partial charge in [0, 0.05) is 59.9 Å². The Balaban J connectivity index is -0.0000000920. The zero-order valence-electron chi connectivity index (χ0n) is 39.3. The minimum atomic E-state index is -0.243. The Morgan fingerprint density at radius 3 is 1.49 bits per heavy atom. The summed E-state index contributed by atoms with van der Waals surface area (Å²) in [5.41, 5.74) is 6.42. The van der Waals surface area contributed by atoms with Gasteiger partial charge in [0.25, 0.3) is 6.47 Å². The summed E-state index contributed by atoms with van der Waals surface area (Å²) in [5.74, 6) is 4.64. The van der Waals surface area contributed by atoms with Gasteiger partial charge in [-0.15, -0.1) is 0 Å². The number of rotatable bonds is 25. The van der Waals surface area contributed by atoms with Crippen LogP contribution in [-0.4, -0.2) is 150 Å². The van der Waals surface area contributed by atoms with E-state index in [9.17, 15) is 29.1 Å². The second kappa shape index (κ2) is 80.5. The Bertz CT molecular complexity index is 838. The Hall–Kier alpha value is -3.53. The second-order valence-electron chi connectivity index (χ2n) is 12.6. The lowest BCUT2D eigenvalue weighted by molar-refractivity contribution is -0.132. The highest BCUT2D eigenvalue weighted by atomic mass is 16.5. The van der Waals surface area contributed by atoms with Gasteiger partial charge in [0.05, 0.1) is 6.10 Å². The number of aldehydes is 3. The Labute approximate surface area is 369 Å². The first kappa shape index (κ1) is 74.9. The SMILES string of the molecule is C=O.CC.CC(=O)NCCCCCCCC=O.CNCCCCCN(C)O.CNCCCCCN(C)O.CNN.NC=O.O=CCCC=O.O=CO[C@H]1/C=C/CCC(O)CC1. The molecule has 1 unspecified atom stereocenters. The quantitative estimate of drug-likeness (QED) is 0.0209. The first-order chi connectivity index (χ1) is 29.4. The number of aliphatic hydroxyl groups excluding tert-OH is 1. The number of nitrogens with one attached hydrogen (secondary N) is 4. The fourth-order valence-corrected chi connectivity index (χ4v) is 4.24. The van der Waals surface area contributed by atoms with Crippen LogP contribution in [0.1, 0.15) is 136 Å². The molecule has 11 N–H and O–H groups in total. The van der Waals surface area contributed by atoms with E-state index >= 15 is 0 Å². The molecule has 0 heterocycles. The third-order valence-corrected chi connectivity index (χ3v) is 7.12. The van der Waals surface area contributed by atoms with E-state index in [4.69, 9.17) is 24.7 Å². The number of carbonyl (C=O) groups excluding carboxylic acids is 7. The summed E-state index contributed by atoms with van der Waals surface area (Å²) in [5, 5.41) is 38.2. The van der Waals surface area contributed by atoms with Crippen LogP contribution in [-0.2, 0) is 38.3 Å². The average Bonchev–Trinajstić information content (AvgIpc) is 3.23. The van der Waals surface area contributed by atoms with E-state index in [1.54, 1.807) is 21.1 Å². The van der Waals surface area contributed by atoms with Gasteiger partial charge in [-0.1, -0.05) is 52.0 Å². The van der Waals surface area contributed by atoms with Crippen molar-refractivity contribution in [3.8, 4) is 0 Å². The van der Waals surface area contributed by atoms with E-state index in [1.165, 1.54) is 42.7 Å². The van der Waals surface area contributed by atoms with Gasteiger partial charge in [-0.05, 0) is 105 Å². The van der Waals surface area contributed by atoms with Crippen LogP contribution in [0.4, 0.5) is 0 Å². The molecular weight excluding hydrogens is 793 g/mol. The van der Waals surface area contributed by atoms with Crippen molar-refractivity contribution < 1.29 is 53.8 Å². The number of hydrogen-bond donors (Lipinski definition) is 9. The molecule has 1 rings (SSSR count). The summed E-state index contributed by atoms with van der Waals surface area (Å²) >= 11 is 0. The smallest absolute Gasteiger partial charge is 0.293 e. The standard InChI is InChI=1S/C10H19NO2.C9H14O3.2C7H18N2O.C4H6O2.C2H6.CH6N2.CH3NO.CH2O/c1-10(13)11-8-6-4-2-3-5-7-9-12;10-7-12-9-4-2-1-3-8(11)5-6-9;2*1-8-6-4-3-5-7-9(2)10;5-3-1-2-4-6;1-2;1-3-2;2-1-3;1-2/h9H,2-8H2,1H3,(H,11,13);2,4,7-9,11H,1,3,5-6H2;2*8,10H,3-7H2,1-2H3;3-4H,1-2H2;1-2H3;3H,2H2,1H3;1H,(H2,2,3);1H2/b;4-2+;;;;;;;/t;8?,9-;;;;;;;/m.0......./s1. The highest BCUT2D eigenvalue weighted by molar-refractivity contribution is 5.72. The van der Waals surface area contributed by atoms with Gasteiger partial charge < -0.3 is 61.1 Å². The number of amides is 2. The molecule has 0 spiro atoms. The normalized spacial score (nSPS) is 13.5. The molecule has 0 radical (unpaired) electrons. The third-order valence-electron chi connectivity index (χ3n) is 7.12. The monoisotopic (exact) mass is 885 g/mol. The summed E-state index contributed by atoms with van der Waals surface area (Å²) in [4.78, 5) is 65.9. The van der Waals surface area contributed by atoms with Crippen molar-refractivity contribution in [1.29, 1.82) is 0 Å². The first-order valence-corrected chi connectivity index (χ1v) is 21.3. The third kappa shape index (κ3) is 113. The predicted octanol–water partition coefficient (Wildman–Crippen LogP) is 3.26. The second-order valence-corrected chi connectivity index (χ2v) is 12.6. The van der Waals surface area contributed by atoms with Gasteiger partial charge in [0.2, 0.25) is 12.3 Å². The zero-order chi connectivity index (χ0) is 48.6. The van der Waals surface area contributed by atoms with E-state index in [-0.39, 0.29) is 24.5 Å². The minimum absolute atomic E-state index is 0.0426. The molecule has 61 heavy (non-hydrogen) atoms. The molecule has 0 aromatic rings. The van der Waals surface area contributed by atoms with Crippen LogP contribution in [0, 0.1) is 0 Å². The molecule has 1 aliphatic carbocycles. The minimum Gasteiger partial charge on any atom is -0.460 e. The van der Waals surface area contributed by atoms with Crippen molar-refractivity contribution >= 4 is 44.4 Å². The van der Waals surface area contributed by atoms with Crippen LogP contribution < -0.4 is 33.0 Å². The molecule has 2 atom stereocenters. The number of ether oxygens (including phenoxy) is 1. The fraction of sp³-hybridized carbons (Fsp3) is 0.786. The topological polar surface area (TPSA) is 296 Å². The maximum absolute atomic E-state index is 10.5. The Morgan fingerprint density at radius 2 is 1.11 bits per heavy atom. The van der Waals surface area contributed by atoms with Gasteiger partial charge in [-0.2, -0.15) is 10.1 Å². The van der Waals surface area contributed by atoms with Crippen LogP contribution in [0.2, 0.25) is 0 Å². The molecule has 19 heteroatoms. The van der Waals surface area contributed by atoms with E-state index in [1.807, 2.05) is 46.9 Å². The highest BCUT2D eigenvalue weighted by Crippen LogP contribution is 2.14. The molecule has 0 bridgehead atoms. The van der Waals surface area contributed by atoms with Crippen LogP contribution in [0.5, 0.6) is 0 Å². The molecule has 0 aromatic heterocycles. The molecule has 0 saturated heterocycles. The average molecular weight is 885 g/mol. The number of allylic oxidation sites excluding steroid dienone is 1. The lowest BCUT2D eigenvalue weighted by atomic mass is 10.0. The van der Waals surface area contributed by atoms with Crippen LogP contribution in [0.3, 0.4) is 0 Å². The molecule has 0 fully saturated rings. The van der Waals surface area contributed by atoms with Gasteiger partial charge in [-0.25, -0.2) is 0 Å². The van der Waals surface area contributed by atoms with Crippen molar-refractivity contribution in [1.82, 2.24) is 31.5 Å².